The Balaban J connectivity index is 2.26. The number of hydrogen-bond donors (Lipinski definition) is 3. The van der Waals surface area contributed by atoms with Crippen molar-refractivity contribution in [3.8, 4) is 5.75 Å². The van der Waals surface area contributed by atoms with Crippen LogP contribution < -0.4 is 15.2 Å². The minimum atomic E-state index is -3.52. The SMILES string of the molecule is CCSCC(CNS(=O)(=O)CC(C)C)C(=O)N(Cc1cccc(OC)c1)C[C@@H](O)[C@@H](N)Cc1ccccc1. The van der Waals surface area contributed by atoms with Gasteiger partial charge in [0.15, 0.2) is 0 Å². The van der Waals surface area contributed by atoms with E-state index in [9.17, 15) is 18.3 Å². The van der Waals surface area contributed by atoms with Crippen molar-refractivity contribution in [3.63, 3.8) is 0 Å². The van der Waals surface area contributed by atoms with E-state index in [0.717, 1.165) is 16.9 Å². The molecular weight excluding hydrogens is 522 g/mol. The van der Waals surface area contributed by atoms with Gasteiger partial charge in [-0.05, 0) is 41.4 Å². The lowest BCUT2D eigenvalue weighted by atomic mass is 10.0. The molecule has 0 saturated carbocycles. The number of aliphatic hydroxyl groups excluding tert-OH is 1. The summed E-state index contributed by atoms with van der Waals surface area (Å²) >= 11 is 1.58. The zero-order valence-electron chi connectivity index (χ0n) is 22.9. The molecule has 2 rings (SSSR count). The van der Waals surface area contributed by atoms with E-state index in [2.05, 4.69) is 4.72 Å². The highest BCUT2D eigenvalue weighted by Crippen LogP contribution is 2.19. The zero-order chi connectivity index (χ0) is 28.1. The smallest absolute Gasteiger partial charge is 0.228 e. The Hall–Kier alpha value is -2.11. The van der Waals surface area contributed by atoms with Gasteiger partial charge in [0.2, 0.25) is 15.9 Å². The number of aliphatic hydroxyl groups is 1. The monoisotopic (exact) mass is 565 g/mol. The summed E-state index contributed by atoms with van der Waals surface area (Å²) in [4.78, 5) is 15.4. The lowest BCUT2D eigenvalue weighted by molar-refractivity contribution is -0.136. The molecule has 1 amide bonds. The van der Waals surface area contributed by atoms with Crippen LogP contribution in [0.15, 0.2) is 54.6 Å². The maximum Gasteiger partial charge on any atom is 0.228 e. The van der Waals surface area contributed by atoms with Gasteiger partial charge in [-0.1, -0.05) is 63.2 Å². The second kappa shape index (κ2) is 16.1. The van der Waals surface area contributed by atoms with Gasteiger partial charge in [0.05, 0.1) is 24.9 Å². The summed E-state index contributed by atoms with van der Waals surface area (Å²) in [7, 11) is -1.94. The number of rotatable bonds is 17. The lowest BCUT2D eigenvalue weighted by Gasteiger charge is -2.31. The van der Waals surface area contributed by atoms with Gasteiger partial charge in [-0.3, -0.25) is 4.79 Å². The average molecular weight is 566 g/mol. The van der Waals surface area contributed by atoms with Crippen LogP contribution in [0.25, 0.3) is 0 Å². The highest BCUT2D eigenvalue weighted by Gasteiger charge is 2.29. The molecule has 0 spiro atoms. The summed E-state index contributed by atoms with van der Waals surface area (Å²) < 4.78 is 33.0. The molecule has 10 heteroatoms. The minimum absolute atomic E-state index is 0.00165. The molecule has 0 heterocycles. The number of nitrogens with one attached hydrogen (secondary N) is 1. The summed E-state index contributed by atoms with van der Waals surface area (Å²) in [6.45, 7) is 5.93. The molecule has 0 aromatic heterocycles. The first kappa shape index (κ1) is 32.1. The molecule has 2 aromatic rings. The fourth-order valence-electron chi connectivity index (χ4n) is 4.07. The van der Waals surface area contributed by atoms with Crippen LogP contribution >= 0.6 is 11.8 Å². The summed E-state index contributed by atoms with van der Waals surface area (Å²) in [5.74, 6) is 1.06. The maximum absolute atomic E-state index is 13.9. The molecule has 0 aliphatic rings. The molecule has 0 saturated heterocycles. The third-order valence-electron chi connectivity index (χ3n) is 6.01. The number of carbonyl (C=O) groups is 1. The highest BCUT2D eigenvalue weighted by molar-refractivity contribution is 7.99. The second-order valence-electron chi connectivity index (χ2n) is 9.87. The molecule has 1 unspecified atom stereocenters. The van der Waals surface area contributed by atoms with Crippen LogP contribution in [0.2, 0.25) is 0 Å². The summed E-state index contributed by atoms with van der Waals surface area (Å²) in [5, 5.41) is 11.0. The number of thioether (sulfide) groups is 1. The van der Waals surface area contributed by atoms with Crippen molar-refractivity contribution < 1.29 is 23.1 Å². The van der Waals surface area contributed by atoms with E-state index in [-0.39, 0.29) is 37.2 Å². The van der Waals surface area contributed by atoms with Crippen LogP contribution in [-0.4, -0.2) is 73.9 Å². The van der Waals surface area contributed by atoms with Crippen LogP contribution in [0.4, 0.5) is 0 Å². The van der Waals surface area contributed by atoms with Gasteiger partial charge >= 0.3 is 0 Å². The molecule has 0 radical (unpaired) electrons. The molecule has 0 aliphatic heterocycles. The van der Waals surface area contributed by atoms with E-state index < -0.39 is 28.1 Å². The standard InChI is InChI=1S/C28H43N3O5S2/c1-5-37-19-24(16-30-38(34,35)20-21(2)3)28(33)31(17-23-12-9-13-25(14-23)36-4)18-27(32)26(29)15-22-10-7-6-8-11-22/h6-14,21,24,26-27,30,32H,5,15-20,29H2,1-4H3/t24?,26-,27+/m0/s1. The quantitative estimate of drug-likeness (QED) is 0.270. The first-order chi connectivity index (χ1) is 18.0. The summed E-state index contributed by atoms with van der Waals surface area (Å²) in [5.41, 5.74) is 8.19. The van der Waals surface area contributed by atoms with Gasteiger partial charge < -0.3 is 20.5 Å². The van der Waals surface area contributed by atoms with Crippen molar-refractivity contribution in [2.75, 3.05) is 37.5 Å². The van der Waals surface area contributed by atoms with E-state index >= 15 is 0 Å². The Kier molecular flexibility index (Phi) is 13.6. The first-order valence-corrected chi connectivity index (χ1v) is 15.8. The predicted molar refractivity (Wildman–Crippen MR) is 156 cm³/mol. The average Bonchev–Trinajstić information content (AvgIpc) is 2.87. The number of sulfonamides is 1. The summed E-state index contributed by atoms with van der Waals surface area (Å²) in [6.07, 6.45) is -0.505. The largest absolute Gasteiger partial charge is 0.497 e. The van der Waals surface area contributed by atoms with Crippen molar-refractivity contribution in [2.45, 2.75) is 45.9 Å². The van der Waals surface area contributed by atoms with Gasteiger partial charge in [0, 0.05) is 31.4 Å². The molecule has 4 N–H and O–H groups in total. The number of ether oxygens (including phenoxy) is 1. The van der Waals surface area contributed by atoms with E-state index in [1.807, 2.05) is 75.4 Å². The molecule has 38 heavy (non-hydrogen) atoms. The van der Waals surface area contributed by atoms with Gasteiger partial charge in [-0.15, -0.1) is 0 Å². The zero-order valence-corrected chi connectivity index (χ0v) is 24.5. The van der Waals surface area contributed by atoms with Crippen LogP contribution in [0.5, 0.6) is 5.75 Å². The van der Waals surface area contributed by atoms with Crippen molar-refractivity contribution in [1.82, 2.24) is 9.62 Å². The Bertz CT molecular complexity index is 1080. The Morgan fingerprint density at radius 3 is 2.45 bits per heavy atom. The summed E-state index contributed by atoms with van der Waals surface area (Å²) in [6, 6.07) is 16.5. The number of carbonyl (C=O) groups excluding carboxylic acids is 1. The number of hydrogen-bond acceptors (Lipinski definition) is 7. The Labute approximate surface area is 232 Å². The number of amides is 1. The molecule has 0 bridgehead atoms. The number of benzene rings is 2. The van der Waals surface area contributed by atoms with Crippen LogP contribution in [0, 0.1) is 11.8 Å². The fraction of sp³-hybridized carbons (Fsp3) is 0.536. The van der Waals surface area contributed by atoms with Gasteiger partial charge in [0.25, 0.3) is 0 Å². The van der Waals surface area contributed by atoms with Crippen molar-refractivity contribution in [1.29, 1.82) is 0 Å². The molecular formula is C28H43N3O5S2. The maximum atomic E-state index is 13.9. The third kappa shape index (κ3) is 11.3. The van der Waals surface area contributed by atoms with E-state index in [1.54, 1.807) is 23.8 Å². The van der Waals surface area contributed by atoms with Crippen LogP contribution in [0.3, 0.4) is 0 Å². The minimum Gasteiger partial charge on any atom is -0.497 e. The fourth-order valence-corrected chi connectivity index (χ4v) is 6.30. The molecule has 212 valence electrons. The van der Waals surface area contributed by atoms with Crippen LogP contribution in [0.1, 0.15) is 31.9 Å². The van der Waals surface area contributed by atoms with E-state index in [4.69, 9.17) is 10.5 Å². The molecule has 0 fully saturated rings. The number of methoxy groups -OCH3 is 1. The Morgan fingerprint density at radius 2 is 1.82 bits per heavy atom. The lowest BCUT2D eigenvalue weighted by Crippen LogP contribution is -2.49. The second-order valence-corrected chi connectivity index (χ2v) is 13.0. The first-order valence-electron chi connectivity index (χ1n) is 13.0. The molecule has 8 nitrogen and oxygen atoms in total. The van der Waals surface area contributed by atoms with Gasteiger partial charge in [-0.2, -0.15) is 11.8 Å². The van der Waals surface area contributed by atoms with Crippen LogP contribution in [-0.2, 0) is 27.8 Å². The number of nitrogens with zero attached hydrogens (tertiary/aromatic N) is 1. The topological polar surface area (TPSA) is 122 Å². The molecule has 2 aromatic carbocycles. The predicted octanol–water partition coefficient (Wildman–Crippen LogP) is 2.90. The normalized spacial score (nSPS) is 14.2. The Morgan fingerprint density at radius 1 is 1.13 bits per heavy atom. The molecule has 0 aliphatic carbocycles. The van der Waals surface area contributed by atoms with Crippen molar-refractivity contribution in [3.05, 3.63) is 65.7 Å². The highest BCUT2D eigenvalue weighted by atomic mass is 32.2. The molecule has 3 atom stereocenters. The van der Waals surface area contributed by atoms with Crippen molar-refractivity contribution >= 4 is 27.7 Å². The van der Waals surface area contributed by atoms with E-state index in [0.29, 0.717) is 17.9 Å². The van der Waals surface area contributed by atoms with Gasteiger partial charge in [-0.25, -0.2) is 13.1 Å². The van der Waals surface area contributed by atoms with E-state index in [1.165, 1.54) is 0 Å². The van der Waals surface area contributed by atoms with Gasteiger partial charge in [0.1, 0.15) is 5.75 Å². The number of nitrogens with two attached hydrogens (primary N) is 1. The van der Waals surface area contributed by atoms with Crippen molar-refractivity contribution in [2.24, 2.45) is 17.6 Å². The third-order valence-corrected chi connectivity index (χ3v) is 8.77.